The lowest BCUT2D eigenvalue weighted by molar-refractivity contribution is 0.0946. The molecule has 1 amide bonds. The number of nitrogens with two attached hydrogens (primary N) is 1. The standard InChI is InChI=1S/C11H10BrFN4O2/c12-7-1-2-10(8(13)5-7)19-6-17-4-3-9(16-17)11(18)15-14/h1-5H,6,14H2,(H,15,18). The van der Waals surface area contributed by atoms with Gasteiger partial charge >= 0.3 is 0 Å². The number of hydrogen-bond donors (Lipinski definition) is 2. The number of hydrazine groups is 1. The molecule has 1 aromatic carbocycles. The van der Waals surface area contributed by atoms with Gasteiger partial charge in [-0.05, 0) is 24.3 Å². The third kappa shape index (κ3) is 3.30. The van der Waals surface area contributed by atoms with E-state index in [0.29, 0.717) is 4.47 Å². The second-order valence-corrected chi connectivity index (χ2v) is 4.48. The molecule has 3 N–H and O–H groups in total. The predicted octanol–water partition coefficient (Wildman–Crippen LogP) is 1.42. The van der Waals surface area contributed by atoms with Gasteiger partial charge in [-0.25, -0.2) is 14.9 Å². The second kappa shape index (κ2) is 5.81. The predicted molar refractivity (Wildman–Crippen MR) is 68.6 cm³/mol. The molecule has 2 rings (SSSR count). The molecular formula is C11H10BrFN4O2. The number of rotatable bonds is 4. The fraction of sp³-hybridized carbons (Fsp3) is 0.0909. The number of carbonyl (C=O) groups excluding carboxylic acids is 1. The van der Waals surface area contributed by atoms with Crippen LogP contribution < -0.4 is 16.0 Å². The first kappa shape index (κ1) is 13.5. The molecule has 0 unspecified atom stereocenters. The van der Waals surface area contributed by atoms with Crippen molar-refractivity contribution in [2.75, 3.05) is 0 Å². The van der Waals surface area contributed by atoms with Gasteiger partial charge < -0.3 is 4.74 Å². The number of amides is 1. The molecule has 19 heavy (non-hydrogen) atoms. The first-order valence-electron chi connectivity index (χ1n) is 5.22. The zero-order valence-electron chi connectivity index (χ0n) is 9.64. The molecule has 0 bridgehead atoms. The average Bonchev–Trinajstić information content (AvgIpc) is 2.85. The van der Waals surface area contributed by atoms with E-state index in [0.717, 1.165) is 0 Å². The molecule has 1 aromatic heterocycles. The molecule has 0 aliphatic carbocycles. The number of hydrogen-bond acceptors (Lipinski definition) is 4. The molecule has 0 atom stereocenters. The van der Waals surface area contributed by atoms with Crippen molar-refractivity contribution in [3.63, 3.8) is 0 Å². The summed E-state index contributed by atoms with van der Waals surface area (Å²) in [6, 6.07) is 5.93. The lowest BCUT2D eigenvalue weighted by atomic mass is 10.3. The lowest BCUT2D eigenvalue weighted by Crippen LogP contribution is -2.30. The third-order valence-corrected chi connectivity index (χ3v) is 2.74. The fourth-order valence-corrected chi connectivity index (χ4v) is 1.69. The molecule has 0 saturated carbocycles. The van der Waals surface area contributed by atoms with Gasteiger partial charge in [-0.1, -0.05) is 15.9 Å². The zero-order valence-corrected chi connectivity index (χ0v) is 11.2. The van der Waals surface area contributed by atoms with Gasteiger partial charge in [0.15, 0.2) is 24.0 Å². The number of benzene rings is 1. The van der Waals surface area contributed by atoms with Crippen LogP contribution >= 0.6 is 15.9 Å². The maximum atomic E-state index is 13.5. The Labute approximate surface area is 116 Å². The lowest BCUT2D eigenvalue weighted by Gasteiger charge is -2.07. The van der Waals surface area contributed by atoms with Crippen LogP contribution in [0, 0.1) is 5.82 Å². The van der Waals surface area contributed by atoms with Crippen LogP contribution in [0.25, 0.3) is 0 Å². The fourth-order valence-electron chi connectivity index (χ4n) is 1.36. The summed E-state index contributed by atoms with van der Waals surface area (Å²) in [6.45, 7) is -0.0175. The van der Waals surface area contributed by atoms with Crippen LogP contribution in [0.4, 0.5) is 4.39 Å². The maximum Gasteiger partial charge on any atom is 0.285 e. The number of halogens is 2. The van der Waals surface area contributed by atoms with Crippen molar-refractivity contribution in [1.82, 2.24) is 15.2 Å². The van der Waals surface area contributed by atoms with Gasteiger partial charge in [0.2, 0.25) is 0 Å². The summed E-state index contributed by atoms with van der Waals surface area (Å²) in [6.07, 6.45) is 1.53. The number of ether oxygens (including phenoxy) is 1. The molecule has 6 nitrogen and oxygen atoms in total. The Hall–Kier alpha value is -1.93. The van der Waals surface area contributed by atoms with Gasteiger partial charge in [-0.2, -0.15) is 5.10 Å². The van der Waals surface area contributed by atoms with Crippen LogP contribution in [0.5, 0.6) is 5.75 Å². The maximum absolute atomic E-state index is 13.5. The van der Waals surface area contributed by atoms with E-state index in [4.69, 9.17) is 10.6 Å². The van der Waals surface area contributed by atoms with Crippen molar-refractivity contribution in [2.45, 2.75) is 6.73 Å². The Balaban J connectivity index is 2.02. The molecule has 0 radical (unpaired) electrons. The molecule has 0 fully saturated rings. The smallest absolute Gasteiger partial charge is 0.285 e. The van der Waals surface area contributed by atoms with Crippen molar-refractivity contribution >= 4 is 21.8 Å². The van der Waals surface area contributed by atoms with Gasteiger partial charge in [-0.3, -0.25) is 10.2 Å². The van der Waals surface area contributed by atoms with E-state index in [1.807, 2.05) is 5.43 Å². The number of nitrogens with zero attached hydrogens (tertiary/aromatic N) is 2. The first-order chi connectivity index (χ1) is 9.10. The topological polar surface area (TPSA) is 82.2 Å². The molecule has 0 saturated heterocycles. The molecule has 1 heterocycles. The SMILES string of the molecule is NNC(=O)c1ccn(COc2ccc(Br)cc2F)n1. The van der Waals surface area contributed by atoms with Gasteiger partial charge in [0.25, 0.3) is 5.91 Å². The van der Waals surface area contributed by atoms with E-state index in [1.165, 1.54) is 29.1 Å². The van der Waals surface area contributed by atoms with E-state index in [-0.39, 0.29) is 18.2 Å². The summed E-state index contributed by atoms with van der Waals surface area (Å²) in [4.78, 5) is 11.2. The van der Waals surface area contributed by atoms with E-state index in [1.54, 1.807) is 6.07 Å². The number of aromatic nitrogens is 2. The highest BCUT2D eigenvalue weighted by Crippen LogP contribution is 2.21. The largest absolute Gasteiger partial charge is 0.468 e. The van der Waals surface area contributed by atoms with Crippen LogP contribution in [-0.4, -0.2) is 15.7 Å². The number of nitrogens with one attached hydrogen (secondary N) is 1. The highest BCUT2D eigenvalue weighted by Gasteiger charge is 2.08. The van der Waals surface area contributed by atoms with Crippen LogP contribution in [0.1, 0.15) is 10.5 Å². The van der Waals surface area contributed by atoms with E-state index in [2.05, 4.69) is 21.0 Å². The normalized spacial score (nSPS) is 10.3. The molecule has 0 aliphatic rings. The summed E-state index contributed by atoms with van der Waals surface area (Å²) < 4.78 is 20.7. The van der Waals surface area contributed by atoms with Crippen LogP contribution in [0.2, 0.25) is 0 Å². The third-order valence-electron chi connectivity index (χ3n) is 2.25. The molecular weight excluding hydrogens is 319 g/mol. The molecule has 100 valence electrons. The van der Waals surface area contributed by atoms with E-state index < -0.39 is 11.7 Å². The summed E-state index contributed by atoms with van der Waals surface area (Å²) >= 11 is 3.15. The quantitative estimate of drug-likeness (QED) is 0.505. The van der Waals surface area contributed by atoms with Crippen molar-refractivity contribution in [2.24, 2.45) is 5.84 Å². The molecule has 0 spiro atoms. The molecule has 8 heteroatoms. The average molecular weight is 329 g/mol. The van der Waals surface area contributed by atoms with Gasteiger partial charge in [0.1, 0.15) is 0 Å². The minimum Gasteiger partial charge on any atom is -0.468 e. The van der Waals surface area contributed by atoms with E-state index >= 15 is 0 Å². The molecule has 2 aromatic rings. The Kier molecular flexibility index (Phi) is 4.13. The van der Waals surface area contributed by atoms with Gasteiger partial charge in [0.05, 0.1) is 0 Å². The summed E-state index contributed by atoms with van der Waals surface area (Å²) in [5, 5.41) is 3.91. The highest BCUT2D eigenvalue weighted by atomic mass is 79.9. The minimum atomic E-state index is -0.506. The Morgan fingerprint density at radius 2 is 2.32 bits per heavy atom. The van der Waals surface area contributed by atoms with Crippen molar-refractivity contribution in [3.8, 4) is 5.75 Å². The summed E-state index contributed by atoms with van der Waals surface area (Å²) in [5.74, 6) is 4.09. The monoisotopic (exact) mass is 328 g/mol. The highest BCUT2D eigenvalue weighted by molar-refractivity contribution is 9.10. The van der Waals surface area contributed by atoms with Crippen LogP contribution in [0.15, 0.2) is 34.9 Å². The zero-order chi connectivity index (χ0) is 13.8. The summed E-state index contributed by atoms with van der Waals surface area (Å²) in [7, 11) is 0. The Morgan fingerprint density at radius 1 is 1.53 bits per heavy atom. The summed E-state index contributed by atoms with van der Waals surface area (Å²) in [5.41, 5.74) is 2.12. The first-order valence-corrected chi connectivity index (χ1v) is 6.01. The minimum absolute atomic E-state index is 0.0175. The second-order valence-electron chi connectivity index (χ2n) is 3.56. The van der Waals surface area contributed by atoms with Gasteiger partial charge in [0, 0.05) is 10.7 Å². The Bertz CT molecular complexity index is 602. The van der Waals surface area contributed by atoms with Crippen molar-refractivity contribution < 1.29 is 13.9 Å². The van der Waals surface area contributed by atoms with E-state index in [9.17, 15) is 9.18 Å². The van der Waals surface area contributed by atoms with Crippen molar-refractivity contribution in [3.05, 3.63) is 46.4 Å². The van der Waals surface area contributed by atoms with Crippen molar-refractivity contribution in [1.29, 1.82) is 0 Å². The number of nitrogen functional groups attached to an aromatic ring is 1. The van der Waals surface area contributed by atoms with Crippen LogP contribution in [-0.2, 0) is 6.73 Å². The Morgan fingerprint density at radius 3 is 3.00 bits per heavy atom. The van der Waals surface area contributed by atoms with Crippen LogP contribution in [0.3, 0.4) is 0 Å². The number of carbonyl (C=O) groups is 1. The molecule has 0 aliphatic heterocycles. The van der Waals surface area contributed by atoms with Gasteiger partial charge in [-0.15, -0.1) is 0 Å².